The highest BCUT2D eigenvalue weighted by Crippen LogP contribution is 2.35. The summed E-state index contributed by atoms with van der Waals surface area (Å²) in [4.78, 5) is 2.84. The molecule has 3 unspecified atom stereocenters. The molecule has 120 valence electrons. The van der Waals surface area contributed by atoms with Crippen molar-refractivity contribution < 1.29 is 0 Å². The fourth-order valence-electron chi connectivity index (χ4n) is 4.08. The van der Waals surface area contributed by atoms with Gasteiger partial charge >= 0.3 is 0 Å². The number of hydrogen-bond acceptors (Lipinski definition) is 2. The molecule has 0 amide bonds. The summed E-state index contributed by atoms with van der Waals surface area (Å²) in [6.45, 7) is 13.9. The first kappa shape index (κ1) is 18.0. The van der Waals surface area contributed by atoms with E-state index in [1.165, 1.54) is 45.1 Å². The van der Waals surface area contributed by atoms with E-state index in [2.05, 4.69) is 39.5 Å². The molecular weight excluding hydrogens is 244 g/mol. The molecule has 1 aliphatic carbocycles. The summed E-state index contributed by atoms with van der Waals surface area (Å²) in [5.41, 5.74) is 6.11. The van der Waals surface area contributed by atoms with Gasteiger partial charge in [0.2, 0.25) is 0 Å². The zero-order valence-electron chi connectivity index (χ0n) is 14.6. The molecule has 0 radical (unpaired) electrons. The summed E-state index contributed by atoms with van der Waals surface area (Å²) in [5, 5.41) is 0. The van der Waals surface area contributed by atoms with Gasteiger partial charge in [-0.2, -0.15) is 0 Å². The van der Waals surface area contributed by atoms with Crippen molar-refractivity contribution in [1.82, 2.24) is 4.90 Å². The molecule has 1 saturated carbocycles. The van der Waals surface area contributed by atoms with Crippen molar-refractivity contribution in [2.75, 3.05) is 13.1 Å². The first-order valence-electron chi connectivity index (χ1n) is 9.02. The summed E-state index contributed by atoms with van der Waals surface area (Å²) in [6, 6.07) is 1.47. The summed E-state index contributed by atoms with van der Waals surface area (Å²) in [5.74, 6) is 2.39. The van der Waals surface area contributed by atoms with Crippen LogP contribution in [0.15, 0.2) is 0 Å². The minimum Gasteiger partial charge on any atom is -0.330 e. The van der Waals surface area contributed by atoms with E-state index in [1.807, 2.05) is 0 Å². The molecule has 3 atom stereocenters. The maximum Gasteiger partial charge on any atom is 0.0141 e. The van der Waals surface area contributed by atoms with Gasteiger partial charge in [-0.3, -0.25) is 4.90 Å². The van der Waals surface area contributed by atoms with Crippen LogP contribution in [-0.4, -0.2) is 30.1 Å². The van der Waals surface area contributed by atoms with Crippen LogP contribution in [-0.2, 0) is 0 Å². The van der Waals surface area contributed by atoms with E-state index < -0.39 is 0 Å². The van der Waals surface area contributed by atoms with E-state index in [4.69, 9.17) is 5.73 Å². The molecule has 2 N–H and O–H groups in total. The Hall–Kier alpha value is -0.0800. The average Bonchev–Trinajstić information content (AvgIpc) is 2.46. The maximum absolute atomic E-state index is 6.11. The molecular formula is C18H38N2. The SMILES string of the molecule is CCC1CCC(CN)C(N(CC(C)C)C(CC)CC)C1. The number of nitrogens with zero attached hydrogens (tertiary/aromatic N) is 1. The maximum atomic E-state index is 6.11. The Morgan fingerprint density at radius 3 is 2.20 bits per heavy atom. The van der Waals surface area contributed by atoms with Crippen LogP contribution >= 0.6 is 0 Å². The molecule has 1 aliphatic rings. The molecule has 2 nitrogen and oxygen atoms in total. The third-order valence-corrected chi connectivity index (χ3v) is 5.36. The van der Waals surface area contributed by atoms with Crippen LogP contribution in [0.1, 0.15) is 73.1 Å². The lowest BCUT2D eigenvalue weighted by molar-refractivity contribution is 0.0331. The smallest absolute Gasteiger partial charge is 0.0141 e. The van der Waals surface area contributed by atoms with Crippen LogP contribution in [0, 0.1) is 17.8 Å². The second kappa shape index (κ2) is 9.04. The molecule has 0 heterocycles. The first-order chi connectivity index (χ1) is 9.57. The Labute approximate surface area is 127 Å². The highest BCUT2D eigenvalue weighted by Gasteiger charge is 2.35. The molecule has 1 rings (SSSR count). The minimum atomic E-state index is 0.720. The number of nitrogens with two attached hydrogens (primary N) is 1. The Bertz CT molecular complexity index is 248. The third-order valence-electron chi connectivity index (χ3n) is 5.36. The van der Waals surface area contributed by atoms with Gasteiger partial charge in [0.05, 0.1) is 0 Å². The lowest BCUT2D eigenvalue weighted by Gasteiger charge is -2.46. The molecule has 0 aliphatic heterocycles. The van der Waals surface area contributed by atoms with E-state index in [1.54, 1.807) is 0 Å². The Morgan fingerprint density at radius 1 is 1.10 bits per heavy atom. The summed E-state index contributed by atoms with van der Waals surface area (Å²) >= 11 is 0. The molecule has 0 bridgehead atoms. The molecule has 0 spiro atoms. The molecule has 20 heavy (non-hydrogen) atoms. The van der Waals surface area contributed by atoms with Gasteiger partial charge in [0.15, 0.2) is 0 Å². The molecule has 2 heteroatoms. The van der Waals surface area contributed by atoms with Crippen LogP contribution in [0.3, 0.4) is 0 Å². The van der Waals surface area contributed by atoms with Crippen molar-refractivity contribution in [3.05, 3.63) is 0 Å². The molecule has 0 aromatic carbocycles. The van der Waals surface area contributed by atoms with E-state index in [-0.39, 0.29) is 0 Å². The lowest BCUT2D eigenvalue weighted by Crippen LogP contribution is -2.52. The van der Waals surface area contributed by atoms with Crippen LogP contribution in [0.4, 0.5) is 0 Å². The monoisotopic (exact) mass is 282 g/mol. The second-order valence-electron chi connectivity index (χ2n) is 7.21. The Kier molecular flexibility index (Phi) is 8.13. The van der Waals surface area contributed by atoms with Crippen molar-refractivity contribution >= 4 is 0 Å². The van der Waals surface area contributed by atoms with Gasteiger partial charge in [0, 0.05) is 18.6 Å². The van der Waals surface area contributed by atoms with E-state index in [0.717, 1.165) is 36.4 Å². The van der Waals surface area contributed by atoms with Crippen LogP contribution in [0.2, 0.25) is 0 Å². The van der Waals surface area contributed by atoms with Gasteiger partial charge in [-0.05, 0) is 50.0 Å². The van der Waals surface area contributed by atoms with Crippen LogP contribution in [0.25, 0.3) is 0 Å². The van der Waals surface area contributed by atoms with Gasteiger partial charge in [-0.1, -0.05) is 47.5 Å². The fourth-order valence-corrected chi connectivity index (χ4v) is 4.08. The summed E-state index contributed by atoms with van der Waals surface area (Å²) < 4.78 is 0. The third kappa shape index (κ3) is 4.73. The fraction of sp³-hybridized carbons (Fsp3) is 1.00. The molecule has 0 aromatic heterocycles. The molecule has 1 fully saturated rings. The van der Waals surface area contributed by atoms with Crippen molar-refractivity contribution in [3.63, 3.8) is 0 Å². The Balaban J connectivity index is 2.88. The van der Waals surface area contributed by atoms with Crippen molar-refractivity contribution in [3.8, 4) is 0 Å². The van der Waals surface area contributed by atoms with Crippen molar-refractivity contribution in [2.45, 2.75) is 85.2 Å². The van der Waals surface area contributed by atoms with E-state index >= 15 is 0 Å². The van der Waals surface area contributed by atoms with Gasteiger partial charge in [-0.15, -0.1) is 0 Å². The van der Waals surface area contributed by atoms with Crippen molar-refractivity contribution in [2.24, 2.45) is 23.5 Å². The van der Waals surface area contributed by atoms with Gasteiger partial charge in [-0.25, -0.2) is 0 Å². The quantitative estimate of drug-likeness (QED) is 0.719. The zero-order chi connectivity index (χ0) is 15.1. The van der Waals surface area contributed by atoms with Crippen LogP contribution in [0.5, 0.6) is 0 Å². The van der Waals surface area contributed by atoms with Gasteiger partial charge in [0.1, 0.15) is 0 Å². The molecule has 0 saturated heterocycles. The van der Waals surface area contributed by atoms with E-state index in [0.29, 0.717) is 0 Å². The number of rotatable bonds is 8. The van der Waals surface area contributed by atoms with Crippen LogP contribution < -0.4 is 5.73 Å². The van der Waals surface area contributed by atoms with Gasteiger partial charge in [0.25, 0.3) is 0 Å². The van der Waals surface area contributed by atoms with Gasteiger partial charge < -0.3 is 5.73 Å². The predicted octanol–water partition coefficient (Wildman–Crippen LogP) is 4.29. The lowest BCUT2D eigenvalue weighted by atomic mass is 9.75. The normalized spacial score (nSPS) is 27.8. The zero-order valence-corrected chi connectivity index (χ0v) is 14.6. The standard InChI is InChI=1S/C18H38N2/c1-6-15-9-10-16(12-19)18(11-15)20(13-14(4)5)17(7-2)8-3/h14-18H,6-13,19H2,1-5H3. The summed E-state index contributed by atoms with van der Waals surface area (Å²) in [7, 11) is 0. The molecule has 0 aromatic rings. The highest BCUT2D eigenvalue weighted by atomic mass is 15.2. The second-order valence-corrected chi connectivity index (χ2v) is 7.21. The predicted molar refractivity (Wildman–Crippen MR) is 89.9 cm³/mol. The Morgan fingerprint density at radius 2 is 1.75 bits per heavy atom. The minimum absolute atomic E-state index is 0.720. The first-order valence-corrected chi connectivity index (χ1v) is 9.02. The average molecular weight is 283 g/mol. The summed E-state index contributed by atoms with van der Waals surface area (Å²) in [6.07, 6.45) is 8.00. The number of hydrogen-bond donors (Lipinski definition) is 1. The highest BCUT2D eigenvalue weighted by molar-refractivity contribution is 4.90. The topological polar surface area (TPSA) is 29.3 Å². The van der Waals surface area contributed by atoms with Crippen molar-refractivity contribution in [1.29, 1.82) is 0 Å². The largest absolute Gasteiger partial charge is 0.330 e. The van der Waals surface area contributed by atoms with E-state index in [9.17, 15) is 0 Å².